The number of benzene rings is 2. The first-order chi connectivity index (χ1) is 10.9. The van der Waals surface area contributed by atoms with Crippen LogP contribution in [-0.4, -0.2) is 33.1 Å². The summed E-state index contributed by atoms with van der Waals surface area (Å²) in [6.07, 6.45) is 0. The van der Waals surface area contributed by atoms with Crippen LogP contribution in [-0.2, 0) is 9.59 Å². The predicted molar refractivity (Wildman–Crippen MR) is 86.3 cm³/mol. The molecule has 2 aromatic carbocycles. The number of carboxylic acid groups (broad SMARTS) is 2. The van der Waals surface area contributed by atoms with Crippen molar-refractivity contribution in [2.24, 2.45) is 0 Å². The Morgan fingerprint density at radius 1 is 0.696 bits per heavy atom. The fraction of sp³-hybridized carbons (Fsp3) is 0.111. The van der Waals surface area contributed by atoms with E-state index in [0.717, 1.165) is 13.8 Å². The molecular formula is C18H16O4Sn. The van der Waals surface area contributed by atoms with Crippen molar-refractivity contribution < 1.29 is 19.8 Å². The third-order valence-electron chi connectivity index (χ3n) is 3.01. The number of hydrogen-bond donors (Lipinski definition) is 0. The van der Waals surface area contributed by atoms with Crippen LogP contribution in [0, 0.1) is 0 Å². The van der Waals surface area contributed by atoms with Gasteiger partial charge in [0.25, 0.3) is 0 Å². The Balaban J connectivity index is 0.000000241. The summed E-state index contributed by atoms with van der Waals surface area (Å²) in [7, 11) is 0. The molecule has 0 amide bonds. The first kappa shape index (κ1) is 19.0. The molecule has 0 bridgehead atoms. The van der Waals surface area contributed by atoms with Crippen molar-refractivity contribution in [3.8, 4) is 0 Å². The van der Waals surface area contributed by atoms with Crippen LogP contribution in [0.25, 0.3) is 0 Å². The summed E-state index contributed by atoms with van der Waals surface area (Å²) in [5.41, 5.74) is -0.611. The maximum absolute atomic E-state index is 9.99. The van der Waals surface area contributed by atoms with Gasteiger partial charge in [-0.25, -0.2) is 0 Å². The average Bonchev–Trinajstić information content (AvgIpc) is 2.55. The van der Waals surface area contributed by atoms with Crippen molar-refractivity contribution in [3.05, 3.63) is 71.8 Å². The summed E-state index contributed by atoms with van der Waals surface area (Å²) in [5.74, 6) is -2.97. The third kappa shape index (κ3) is 7.14. The molecule has 116 valence electrons. The normalized spacial score (nSPS) is 10.5. The molecule has 5 heteroatoms. The summed E-state index contributed by atoms with van der Waals surface area (Å²) in [6, 6.07) is 21.6. The fourth-order valence-corrected chi connectivity index (χ4v) is 4.52. The molecule has 0 aliphatic rings. The first-order valence-corrected chi connectivity index (χ1v) is 9.74. The van der Waals surface area contributed by atoms with Crippen molar-refractivity contribution in [1.82, 2.24) is 0 Å². The molecule has 0 radical (unpaired) electrons. The third-order valence-corrected chi connectivity index (χ3v) is 6.56. The molecule has 0 N–H and O–H groups in total. The van der Waals surface area contributed by atoms with Gasteiger partial charge in [0.2, 0.25) is 0 Å². The Morgan fingerprint density at radius 2 is 1.00 bits per heavy atom. The van der Waals surface area contributed by atoms with Crippen molar-refractivity contribution in [2.45, 2.75) is 13.8 Å². The molecule has 0 spiro atoms. The summed E-state index contributed by atoms with van der Waals surface area (Å²) >= 11 is -0.517. The molecule has 2 rings (SSSR count). The van der Waals surface area contributed by atoms with E-state index in [1.807, 2.05) is 0 Å². The van der Waals surface area contributed by atoms with Gasteiger partial charge in [-0.1, -0.05) is 0 Å². The molecule has 0 unspecified atom stereocenters. The molecule has 2 aromatic rings. The molecule has 0 fully saturated rings. The summed E-state index contributed by atoms with van der Waals surface area (Å²) in [5, 5.41) is 20.0. The van der Waals surface area contributed by atoms with Crippen molar-refractivity contribution in [2.75, 3.05) is 0 Å². The van der Waals surface area contributed by atoms with Crippen molar-refractivity contribution >= 4 is 40.2 Å². The standard InChI is InChI=1S/C6H8O4.2C6H5.Sn/c1-3(5(7)8)4(2)6(9)10;2*1-2-4-6-5-3-1;/h1-2H3,(H,7,8)(H,9,10);2*1-5H;/q;;;+2/p-2. The van der Waals surface area contributed by atoms with Gasteiger partial charge in [-0.2, -0.15) is 0 Å². The number of carbonyl (C=O) groups is 2. The van der Waals surface area contributed by atoms with Crippen LogP contribution in [0.1, 0.15) is 13.8 Å². The first-order valence-electron chi connectivity index (χ1n) is 6.89. The minimum atomic E-state index is -1.48. The molecule has 0 aromatic heterocycles. The van der Waals surface area contributed by atoms with E-state index < -0.39 is 33.1 Å². The van der Waals surface area contributed by atoms with Gasteiger partial charge >= 0.3 is 89.0 Å². The van der Waals surface area contributed by atoms with Crippen LogP contribution in [0.5, 0.6) is 0 Å². The molecule has 4 nitrogen and oxygen atoms in total. The number of aliphatic carboxylic acids is 2. The molecule has 0 saturated heterocycles. The van der Waals surface area contributed by atoms with E-state index in [1.165, 1.54) is 7.16 Å². The fourth-order valence-electron chi connectivity index (χ4n) is 1.52. The Hall–Kier alpha value is -2.08. The van der Waals surface area contributed by atoms with E-state index in [9.17, 15) is 19.8 Å². The monoisotopic (exact) mass is 416 g/mol. The van der Waals surface area contributed by atoms with Crippen LogP contribution in [0.4, 0.5) is 0 Å². The zero-order valence-corrected chi connectivity index (χ0v) is 15.8. The van der Waals surface area contributed by atoms with Gasteiger partial charge in [-0.15, -0.1) is 0 Å². The van der Waals surface area contributed by atoms with Crippen LogP contribution in [0.2, 0.25) is 0 Å². The van der Waals surface area contributed by atoms with Crippen molar-refractivity contribution in [3.63, 3.8) is 0 Å². The van der Waals surface area contributed by atoms with Gasteiger partial charge in [0, 0.05) is 0 Å². The van der Waals surface area contributed by atoms with Crippen LogP contribution >= 0.6 is 0 Å². The second-order valence-electron chi connectivity index (χ2n) is 4.68. The molecule has 0 aliphatic heterocycles. The zero-order valence-electron chi connectivity index (χ0n) is 12.9. The molecule has 0 atom stereocenters. The molecule has 0 saturated carbocycles. The molecule has 0 aliphatic carbocycles. The van der Waals surface area contributed by atoms with Gasteiger partial charge in [-0.3, -0.25) is 0 Å². The zero-order chi connectivity index (χ0) is 17.2. The molecular weight excluding hydrogens is 399 g/mol. The van der Waals surface area contributed by atoms with E-state index in [4.69, 9.17) is 0 Å². The summed E-state index contributed by atoms with van der Waals surface area (Å²) in [6.45, 7) is 2.31. The number of rotatable bonds is 4. The van der Waals surface area contributed by atoms with E-state index in [2.05, 4.69) is 60.7 Å². The van der Waals surface area contributed by atoms with Gasteiger partial charge in [0.05, 0.1) is 11.9 Å². The van der Waals surface area contributed by atoms with E-state index in [-0.39, 0.29) is 11.1 Å². The Kier molecular flexibility index (Phi) is 8.11. The number of carboxylic acids is 2. The van der Waals surface area contributed by atoms with Gasteiger partial charge in [0.15, 0.2) is 0 Å². The van der Waals surface area contributed by atoms with E-state index in [1.54, 1.807) is 0 Å². The van der Waals surface area contributed by atoms with Crippen LogP contribution in [0.15, 0.2) is 71.8 Å². The minimum absolute atomic E-state index is 0.306. The second-order valence-corrected chi connectivity index (χ2v) is 8.69. The Labute approximate surface area is 145 Å². The SMILES string of the molecule is CC(C(=O)[O-])=C(C)C(=O)[O-].c1cc[c]([Sn+2][c]2ccccc2)cc1. The van der Waals surface area contributed by atoms with E-state index >= 15 is 0 Å². The number of carbonyl (C=O) groups excluding carboxylic acids is 2. The Morgan fingerprint density at radius 3 is 1.26 bits per heavy atom. The Bertz CT molecular complexity index is 619. The van der Waals surface area contributed by atoms with Crippen LogP contribution in [0.3, 0.4) is 0 Å². The molecule has 23 heavy (non-hydrogen) atoms. The van der Waals surface area contributed by atoms with Gasteiger partial charge in [0.1, 0.15) is 0 Å². The second kappa shape index (κ2) is 9.84. The van der Waals surface area contributed by atoms with E-state index in [0.29, 0.717) is 0 Å². The number of hydrogen-bond acceptors (Lipinski definition) is 4. The quantitative estimate of drug-likeness (QED) is 0.483. The van der Waals surface area contributed by atoms with Crippen LogP contribution < -0.4 is 17.4 Å². The van der Waals surface area contributed by atoms with Crippen molar-refractivity contribution in [1.29, 1.82) is 0 Å². The average molecular weight is 415 g/mol. The predicted octanol–water partition coefficient (Wildman–Crippen LogP) is -0.836. The summed E-state index contributed by atoms with van der Waals surface area (Å²) in [4.78, 5) is 20.0. The van der Waals surface area contributed by atoms with Gasteiger partial charge < -0.3 is 19.8 Å². The maximum atomic E-state index is 9.99. The molecule has 0 heterocycles. The topological polar surface area (TPSA) is 80.3 Å². The van der Waals surface area contributed by atoms with Gasteiger partial charge in [-0.05, 0) is 25.0 Å². The summed E-state index contributed by atoms with van der Waals surface area (Å²) < 4.78 is 3.08.